The van der Waals surface area contributed by atoms with Gasteiger partial charge >= 0.3 is 0 Å². The first kappa shape index (κ1) is 13.6. The highest BCUT2D eigenvalue weighted by atomic mass is 19.3. The second-order valence-corrected chi connectivity index (χ2v) is 3.38. The lowest BCUT2D eigenvalue weighted by Crippen LogP contribution is -2.17. The van der Waals surface area contributed by atoms with Crippen molar-refractivity contribution in [1.82, 2.24) is 9.97 Å². The quantitative estimate of drug-likeness (QED) is 0.732. The van der Waals surface area contributed by atoms with Crippen LogP contribution in [0.2, 0.25) is 0 Å². The lowest BCUT2D eigenvalue weighted by molar-refractivity contribution is 0.0182. The molecule has 0 amide bonds. The predicted molar refractivity (Wildman–Crippen MR) is 56.4 cm³/mol. The van der Waals surface area contributed by atoms with Crippen LogP contribution in [0.1, 0.15) is 18.3 Å². The summed E-state index contributed by atoms with van der Waals surface area (Å²) in [6, 6.07) is 0. The van der Waals surface area contributed by atoms with Crippen molar-refractivity contribution in [2.75, 3.05) is 13.2 Å². The Hall–Kier alpha value is -1.50. The molecule has 0 atom stereocenters. The summed E-state index contributed by atoms with van der Waals surface area (Å²) in [5.74, 6) is -0.0981. The summed E-state index contributed by atoms with van der Waals surface area (Å²) in [5, 5.41) is 9.43. The van der Waals surface area contributed by atoms with Crippen molar-refractivity contribution in [2.45, 2.75) is 26.2 Å². The molecule has 0 aliphatic carbocycles. The maximum absolute atomic E-state index is 11.7. The Labute approximate surface area is 96.5 Å². The first-order valence-corrected chi connectivity index (χ1v) is 5.21. The van der Waals surface area contributed by atoms with Crippen LogP contribution < -0.4 is 5.56 Å². The van der Waals surface area contributed by atoms with E-state index in [0.717, 1.165) is 0 Å². The molecular weight excluding hydrogens is 234 g/mol. The molecule has 0 bridgehead atoms. The van der Waals surface area contributed by atoms with E-state index in [2.05, 4.69) is 14.7 Å². The van der Waals surface area contributed by atoms with Crippen LogP contribution in [0.15, 0.2) is 4.79 Å². The number of alkyl halides is 2. The van der Waals surface area contributed by atoms with Crippen LogP contribution in [-0.4, -0.2) is 34.7 Å². The number of hydrogen-bond donors (Lipinski definition) is 2. The lowest BCUT2D eigenvalue weighted by atomic mass is 10.2. The molecule has 0 unspecified atom stereocenters. The molecule has 1 heterocycles. The van der Waals surface area contributed by atoms with Gasteiger partial charge in [0.1, 0.15) is 12.4 Å². The average Bonchev–Trinajstić information content (AvgIpc) is 2.24. The van der Waals surface area contributed by atoms with E-state index in [9.17, 15) is 18.7 Å². The summed E-state index contributed by atoms with van der Waals surface area (Å²) in [6.07, 6.45) is -1.98. The minimum absolute atomic E-state index is 0.0121. The van der Waals surface area contributed by atoms with E-state index in [1.54, 1.807) is 6.92 Å². The zero-order valence-electron chi connectivity index (χ0n) is 9.37. The Balaban J connectivity index is 2.58. The number of aromatic amines is 1. The van der Waals surface area contributed by atoms with Crippen LogP contribution in [0.3, 0.4) is 0 Å². The van der Waals surface area contributed by atoms with Gasteiger partial charge in [0.25, 0.3) is 12.0 Å². The number of rotatable bonds is 6. The molecule has 1 aromatic rings. The summed E-state index contributed by atoms with van der Waals surface area (Å²) in [4.78, 5) is 17.6. The predicted octanol–water partition coefficient (Wildman–Crippen LogP) is 0.862. The molecule has 0 saturated heterocycles. The molecule has 0 aromatic carbocycles. The maximum atomic E-state index is 11.7. The summed E-state index contributed by atoms with van der Waals surface area (Å²) in [7, 11) is 0. The summed E-state index contributed by atoms with van der Waals surface area (Å²) >= 11 is 0. The lowest BCUT2D eigenvalue weighted by Gasteiger charge is -2.05. The van der Waals surface area contributed by atoms with Crippen molar-refractivity contribution < 1.29 is 18.6 Å². The molecule has 0 saturated carbocycles. The van der Waals surface area contributed by atoms with Gasteiger partial charge in [0, 0.05) is 6.42 Å². The topological polar surface area (TPSA) is 75.2 Å². The van der Waals surface area contributed by atoms with Crippen molar-refractivity contribution in [3.63, 3.8) is 0 Å². The molecule has 2 N–H and O–H groups in total. The van der Waals surface area contributed by atoms with Crippen LogP contribution in [0.5, 0.6) is 5.88 Å². The monoisotopic (exact) mass is 248 g/mol. The number of halogens is 2. The minimum atomic E-state index is -2.52. The largest absolute Gasteiger partial charge is 0.493 e. The molecule has 1 aromatic heterocycles. The van der Waals surface area contributed by atoms with Crippen LogP contribution in [-0.2, 0) is 17.6 Å². The van der Waals surface area contributed by atoms with Crippen LogP contribution in [0.25, 0.3) is 0 Å². The molecule has 5 nitrogen and oxygen atoms in total. The highest BCUT2D eigenvalue weighted by Gasteiger charge is 2.09. The van der Waals surface area contributed by atoms with E-state index in [-0.39, 0.29) is 30.3 Å². The van der Waals surface area contributed by atoms with Crippen molar-refractivity contribution >= 4 is 0 Å². The molecule has 0 spiro atoms. The number of nitrogens with one attached hydrogen (secondary N) is 1. The fourth-order valence-electron chi connectivity index (χ4n) is 1.31. The van der Waals surface area contributed by atoms with Crippen LogP contribution in [0.4, 0.5) is 8.78 Å². The fourth-order valence-corrected chi connectivity index (χ4v) is 1.31. The molecule has 1 rings (SSSR count). The maximum Gasteiger partial charge on any atom is 0.261 e. The van der Waals surface area contributed by atoms with Crippen LogP contribution >= 0.6 is 0 Å². The van der Waals surface area contributed by atoms with Crippen LogP contribution in [0, 0.1) is 0 Å². The zero-order chi connectivity index (χ0) is 12.8. The fraction of sp³-hybridized carbons (Fsp3) is 0.600. The second-order valence-electron chi connectivity index (χ2n) is 3.38. The summed E-state index contributed by atoms with van der Waals surface area (Å²) in [5.41, 5.74) is -0.203. The van der Waals surface area contributed by atoms with Gasteiger partial charge in [0.2, 0.25) is 5.88 Å². The Morgan fingerprint density at radius 3 is 2.76 bits per heavy atom. The van der Waals surface area contributed by atoms with E-state index in [1.807, 2.05) is 0 Å². The van der Waals surface area contributed by atoms with Gasteiger partial charge in [-0.2, -0.15) is 4.98 Å². The van der Waals surface area contributed by atoms with E-state index in [0.29, 0.717) is 6.42 Å². The molecule has 0 aliphatic heterocycles. The average molecular weight is 248 g/mol. The van der Waals surface area contributed by atoms with Crippen molar-refractivity contribution in [2.24, 2.45) is 0 Å². The number of nitrogens with zero attached hydrogens (tertiary/aromatic N) is 1. The number of ether oxygens (including phenoxy) is 1. The standard InChI is InChI=1S/C10H14F2N2O3/c1-2-6-9(15)13-8(14-10(6)16)3-4-17-5-7(11)12/h7H,2-5H2,1H3,(H2,13,14,15,16). The number of H-pyrrole nitrogens is 1. The van der Waals surface area contributed by atoms with Crippen molar-refractivity contribution in [3.8, 4) is 5.88 Å². The van der Waals surface area contributed by atoms with Crippen molar-refractivity contribution in [1.29, 1.82) is 0 Å². The molecule has 96 valence electrons. The SMILES string of the molecule is CCc1c(O)nc(CCOCC(F)F)[nH]c1=O. The van der Waals surface area contributed by atoms with Gasteiger partial charge in [-0.15, -0.1) is 0 Å². The summed E-state index contributed by atoms with van der Waals surface area (Å²) in [6.45, 7) is 1.08. The molecule has 0 radical (unpaired) electrons. The van der Waals surface area contributed by atoms with Gasteiger partial charge in [0.05, 0.1) is 12.2 Å². The van der Waals surface area contributed by atoms with Gasteiger partial charge in [-0.05, 0) is 6.42 Å². The third-order valence-corrected chi connectivity index (χ3v) is 2.12. The highest BCUT2D eigenvalue weighted by Crippen LogP contribution is 2.08. The Bertz CT molecular complexity index is 421. The third kappa shape index (κ3) is 4.10. The molecule has 0 aliphatic rings. The molecular formula is C10H14F2N2O3. The van der Waals surface area contributed by atoms with E-state index in [1.165, 1.54) is 0 Å². The van der Waals surface area contributed by atoms with E-state index in [4.69, 9.17) is 0 Å². The smallest absolute Gasteiger partial charge is 0.261 e. The van der Waals surface area contributed by atoms with Gasteiger partial charge < -0.3 is 14.8 Å². The number of hydrogen-bond acceptors (Lipinski definition) is 4. The second kappa shape index (κ2) is 6.29. The Morgan fingerprint density at radius 2 is 2.24 bits per heavy atom. The van der Waals surface area contributed by atoms with Gasteiger partial charge in [0.15, 0.2) is 0 Å². The third-order valence-electron chi connectivity index (χ3n) is 2.12. The van der Waals surface area contributed by atoms with Gasteiger partial charge in [-0.3, -0.25) is 4.79 Å². The molecule has 7 heteroatoms. The molecule has 0 fully saturated rings. The number of aromatic hydroxyl groups is 1. The first-order chi connectivity index (χ1) is 8.04. The normalized spacial score (nSPS) is 11.1. The van der Waals surface area contributed by atoms with E-state index < -0.39 is 18.6 Å². The van der Waals surface area contributed by atoms with Crippen molar-refractivity contribution in [3.05, 3.63) is 21.7 Å². The molecule has 17 heavy (non-hydrogen) atoms. The summed E-state index contributed by atoms with van der Waals surface area (Å²) < 4.78 is 28.1. The first-order valence-electron chi connectivity index (χ1n) is 5.21. The Kier molecular flexibility index (Phi) is 5.02. The van der Waals surface area contributed by atoms with Gasteiger partial charge in [-0.1, -0.05) is 6.92 Å². The minimum Gasteiger partial charge on any atom is -0.493 e. The highest BCUT2D eigenvalue weighted by molar-refractivity contribution is 5.22. The zero-order valence-corrected chi connectivity index (χ0v) is 9.37. The number of aromatic nitrogens is 2. The van der Waals surface area contributed by atoms with E-state index >= 15 is 0 Å². The Morgan fingerprint density at radius 1 is 1.53 bits per heavy atom. The van der Waals surface area contributed by atoms with Gasteiger partial charge in [-0.25, -0.2) is 8.78 Å².